The molecule has 1 aromatic rings. The zero-order valence-electron chi connectivity index (χ0n) is 10.0. The molecule has 0 unspecified atom stereocenters. The van der Waals surface area contributed by atoms with Gasteiger partial charge < -0.3 is 5.32 Å². The summed E-state index contributed by atoms with van der Waals surface area (Å²) < 4.78 is 1.57. The molecule has 1 aromatic heterocycles. The maximum Gasteiger partial charge on any atom is 0.255 e. The molecule has 86 valence electrons. The van der Waals surface area contributed by atoms with Crippen molar-refractivity contribution in [1.29, 1.82) is 5.26 Å². The number of nitrogens with zero attached hydrogens (tertiary/aromatic N) is 3. The third-order valence-electron chi connectivity index (χ3n) is 2.09. The minimum Gasteiger partial charge on any atom is -0.352 e. The van der Waals surface area contributed by atoms with Crippen LogP contribution >= 0.6 is 0 Å². The van der Waals surface area contributed by atoms with Crippen LogP contribution in [-0.4, -0.2) is 22.2 Å². The first-order valence-corrected chi connectivity index (χ1v) is 5.18. The Morgan fingerprint density at radius 1 is 1.62 bits per heavy atom. The Balaban J connectivity index is 3.21. The molecule has 0 spiro atoms. The van der Waals surface area contributed by atoms with Crippen molar-refractivity contribution in [3.8, 4) is 6.07 Å². The van der Waals surface area contributed by atoms with Gasteiger partial charge in [-0.1, -0.05) is 0 Å². The second-order valence-electron chi connectivity index (χ2n) is 4.46. The van der Waals surface area contributed by atoms with Crippen molar-refractivity contribution in [2.24, 2.45) is 0 Å². The van der Waals surface area contributed by atoms with E-state index in [-0.39, 0.29) is 11.4 Å². The first-order chi connectivity index (χ1) is 7.41. The Labute approximate surface area is 95.1 Å². The highest BCUT2D eigenvalue weighted by Crippen LogP contribution is 2.18. The molecule has 0 aliphatic heterocycles. The van der Waals surface area contributed by atoms with Gasteiger partial charge in [-0.15, -0.1) is 0 Å². The van der Waals surface area contributed by atoms with E-state index in [2.05, 4.69) is 10.4 Å². The van der Waals surface area contributed by atoms with Crippen molar-refractivity contribution in [2.75, 3.05) is 6.54 Å². The lowest BCUT2D eigenvalue weighted by atomic mass is 10.1. The summed E-state index contributed by atoms with van der Waals surface area (Å²) in [5, 5.41) is 15.8. The molecular weight excluding hydrogens is 204 g/mol. The van der Waals surface area contributed by atoms with Crippen LogP contribution in [0.25, 0.3) is 0 Å². The fourth-order valence-corrected chi connectivity index (χ4v) is 1.39. The molecule has 0 aromatic carbocycles. The third kappa shape index (κ3) is 2.22. The van der Waals surface area contributed by atoms with Gasteiger partial charge in [-0.2, -0.15) is 10.4 Å². The van der Waals surface area contributed by atoms with Gasteiger partial charge in [-0.25, -0.2) is 4.68 Å². The summed E-state index contributed by atoms with van der Waals surface area (Å²) >= 11 is 0. The number of amides is 1. The summed E-state index contributed by atoms with van der Waals surface area (Å²) in [6.45, 7) is 8.16. The lowest BCUT2D eigenvalue weighted by Crippen LogP contribution is -2.27. The maximum absolute atomic E-state index is 11.6. The molecule has 16 heavy (non-hydrogen) atoms. The van der Waals surface area contributed by atoms with E-state index in [1.165, 1.54) is 6.20 Å². The number of nitrogens with one attached hydrogen (secondary N) is 1. The van der Waals surface area contributed by atoms with Gasteiger partial charge in [-0.3, -0.25) is 4.79 Å². The van der Waals surface area contributed by atoms with E-state index in [0.29, 0.717) is 17.8 Å². The summed E-state index contributed by atoms with van der Waals surface area (Å²) in [5.41, 5.74) is 0.327. The quantitative estimate of drug-likeness (QED) is 0.815. The van der Waals surface area contributed by atoms with E-state index >= 15 is 0 Å². The number of hydrogen-bond donors (Lipinski definition) is 1. The lowest BCUT2D eigenvalue weighted by molar-refractivity contribution is 0.0955. The molecule has 1 amide bonds. The molecule has 0 radical (unpaired) electrons. The highest BCUT2D eigenvalue weighted by atomic mass is 16.1. The molecule has 5 heteroatoms. The molecule has 0 saturated carbocycles. The molecule has 1 N–H and O–H groups in total. The summed E-state index contributed by atoms with van der Waals surface area (Å²) in [6.07, 6.45) is 1.44. The van der Waals surface area contributed by atoms with Crippen molar-refractivity contribution in [3.05, 3.63) is 17.5 Å². The normalized spacial score (nSPS) is 10.9. The number of carbonyl (C=O) groups excluding carboxylic acids is 1. The van der Waals surface area contributed by atoms with Crippen LogP contribution in [0.4, 0.5) is 0 Å². The Hall–Kier alpha value is -1.83. The topological polar surface area (TPSA) is 70.7 Å². The second kappa shape index (κ2) is 4.35. The van der Waals surface area contributed by atoms with Gasteiger partial charge in [0.25, 0.3) is 5.91 Å². The van der Waals surface area contributed by atoms with Crippen LogP contribution in [0.5, 0.6) is 0 Å². The van der Waals surface area contributed by atoms with Crippen LogP contribution in [0.15, 0.2) is 6.20 Å². The summed E-state index contributed by atoms with van der Waals surface area (Å²) in [4.78, 5) is 11.6. The van der Waals surface area contributed by atoms with E-state index in [9.17, 15) is 4.79 Å². The monoisotopic (exact) mass is 220 g/mol. The van der Waals surface area contributed by atoms with Gasteiger partial charge in [0.15, 0.2) is 5.69 Å². The van der Waals surface area contributed by atoms with E-state index in [1.54, 1.807) is 4.68 Å². The van der Waals surface area contributed by atoms with Crippen LogP contribution in [0.1, 0.15) is 43.7 Å². The Bertz CT molecular complexity index is 434. The largest absolute Gasteiger partial charge is 0.352 e. The molecule has 0 fully saturated rings. The molecule has 0 aliphatic carbocycles. The molecule has 0 atom stereocenters. The lowest BCUT2D eigenvalue weighted by Gasteiger charge is -2.20. The smallest absolute Gasteiger partial charge is 0.255 e. The summed E-state index contributed by atoms with van der Waals surface area (Å²) in [7, 11) is 0. The maximum atomic E-state index is 11.6. The van der Waals surface area contributed by atoms with Crippen molar-refractivity contribution in [2.45, 2.75) is 33.2 Å². The summed E-state index contributed by atoms with van der Waals surface area (Å²) in [5.74, 6) is -0.255. The average molecular weight is 220 g/mol. The van der Waals surface area contributed by atoms with Gasteiger partial charge in [0.1, 0.15) is 6.07 Å². The molecule has 5 nitrogen and oxygen atoms in total. The van der Waals surface area contributed by atoms with Crippen molar-refractivity contribution in [3.63, 3.8) is 0 Å². The predicted molar refractivity (Wildman–Crippen MR) is 59.9 cm³/mol. The molecule has 0 bridgehead atoms. The Morgan fingerprint density at radius 3 is 2.69 bits per heavy atom. The zero-order valence-corrected chi connectivity index (χ0v) is 10.0. The third-order valence-corrected chi connectivity index (χ3v) is 2.09. The molecule has 0 aliphatic rings. The second-order valence-corrected chi connectivity index (χ2v) is 4.46. The first-order valence-electron chi connectivity index (χ1n) is 5.18. The van der Waals surface area contributed by atoms with Gasteiger partial charge in [0, 0.05) is 6.54 Å². The Morgan fingerprint density at radius 2 is 2.25 bits per heavy atom. The van der Waals surface area contributed by atoms with Crippen LogP contribution in [0.3, 0.4) is 0 Å². The molecule has 0 saturated heterocycles. The van der Waals surface area contributed by atoms with E-state index in [4.69, 9.17) is 5.26 Å². The number of carbonyl (C=O) groups is 1. The van der Waals surface area contributed by atoms with E-state index in [0.717, 1.165) is 0 Å². The minimum atomic E-state index is -0.310. The highest BCUT2D eigenvalue weighted by molar-refractivity contribution is 5.95. The van der Waals surface area contributed by atoms with Gasteiger partial charge in [0.2, 0.25) is 0 Å². The number of nitriles is 1. The van der Waals surface area contributed by atoms with E-state index in [1.807, 2.05) is 33.8 Å². The van der Waals surface area contributed by atoms with Crippen LogP contribution < -0.4 is 5.32 Å². The van der Waals surface area contributed by atoms with Crippen molar-refractivity contribution in [1.82, 2.24) is 15.1 Å². The van der Waals surface area contributed by atoms with Crippen LogP contribution in [0, 0.1) is 11.3 Å². The standard InChI is InChI=1S/C11H16N4O/c1-5-13-10(16)8-7-14-15(9(8)6-12)11(2,3)4/h7H,5H2,1-4H3,(H,13,16). The molecular formula is C11H16N4O. The summed E-state index contributed by atoms with van der Waals surface area (Å²) in [6, 6.07) is 2.03. The SMILES string of the molecule is CCNC(=O)c1cnn(C(C)(C)C)c1C#N. The average Bonchev–Trinajstić information content (AvgIpc) is 2.60. The number of hydrogen-bond acceptors (Lipinski definition) is 3. The van der Waals surface area contributed by atoms with Crippen molar-refractivity contribution < 1.29 is 4.79 Å². The molecule has 1 rings (SSSR count). The van der Waals surface area contributed by atoms with E-state index < -0.39 is 0 Å². The van der Waals surface area contributed by atoms with Crippen LogP contribution in [0.2, 0.25) is 0 Å². The zero-order chi connectivity index (χ0) is 12.3. The fraction of sp³-hybridized carbons (Fsp3) is 0.545. The highest BCUT2D eigenvalue weighted by Gasteiger charge is 2.23. The minimum absolute atomic E-state index is 0.255. The van der Waals surface area contributed by atoms with Gasteiger partial charge >= 0.3 is 0 Å². The van der Waals surface area contributed by atoms with Crippen molar-refractivity contribution >= 4 is 5.91 Å². The Kier molecular flexibility index (Phi) is 3.33. The fourth-order valence-electron chi connectivity index (χ4n) is 1.39. The molecule has 1 heterocycles. The predicted octanol–water partition coefficient (Wildman–Crippen LogP) is 1.26. The number of rotatable bonds is 2. The van der Waals surface area contributed by atoms with Crippen LogP contribution in [-0.2, 0) is 5.54 Å². The van der Waals surface area contributed by atoms with Gasteiger partial charge in [-0.05, 0) is 27.7 Å². The van der Waals surface area contributed by atoms with Gasteiger partial charge in [0.05, 0.1) is 17.3 Å². The first kappa shape index (κ1) is 12.2. The number of aromatic nitrogens is 2.